The number of carbonyl (C=O) groups excluding carboxylic acids is 2. The Labute approximate surface area is 165 Å². The van der Waals surface area contributed by atoms with Gasteiger partial charge in [-0.25, -0.2) is 8.42 Å². The van der Waals surface area contributed by atoms with Crippen molar-refractivity contribution in [3.05, 3.63) is 28.8 Å². The van der Waals surface area contributed by atoms with Crippen molar-refractivity contribution in [2.75, 3.05) is 26.7 Å². The predicted octanol–water partition coefficient (Wildman–Crippen LogP) is 2.11. The molecule has 0 bridgehead atoms. The Kier molecular flexibility index (Phi) is 7.25. The van der Waals surface area contributed by atoms with Crippen LogP contribution >= 0.6 is 11.6 Å². The molecule has 2 amide bonds. The fraction of sp³-hybridized carbons (Fsp3) is 0.556. The number of benzene rings is 1. The van der Waals surface area contributed by atoms with Gasteiger partial charge in [-0.15, -0.1) is 0 Å². The average molecular weight is 416 g/mol. The monoisotopic (exact) mass is 415 g/mol. The van der Waals surface area contributed by atoms with Crippen molar-refractivity contribution in [3.63, 3.8) is 0 Å². The fourth-order valence-electron chi connectivity index (χ4n) is 2.95. The van der Waals surface area contributed by atoms with Gasteiger partial charge in [0.2, 0.25) is 15.9 Å². The summed E-state index contributed by atoms with van der Waals surface area (Å²) in [6, 6.07) is 4.15. The van der Waals surface area contributed by atoms with Crippen molar-refractivity contribution in [1.29, 1.82) is 0 Å². The maximum Gasteiger partial charge on any atom is 0.254 e. The Morgan fingerprint density at radius 1 is 1.22 bits per heavy atom. The Balaban J connectivity index is 2.23. The van der Waals surface area contributed by atoms with Crippen LogP contribution in [0.2, 0.25) is 5.02 Å². The van der Waals surface area contributed by atoms with Crippen LogP contribution in [-0.4, -0.2) is 62.2 Å². The van der Waals surface area contributed by atoms with E-state index in [0.29, 0.717) is 13.1 Å². The minimum absolute atomic E-state index is 0.0298. The first kappa shape index (κ1) is 21.7. The normalized spacial score (nSPS) is 15.6. The van der Waals surface area contributed by atoms with Crippen LogP contribution in [0, 0.1) is 0 Å². The lowest BCUT2D eigenvalue weighted by molar-refractivity contribution is -0.122. The van der Waals surface area contributed by atoms with Crippen LogP contribution in [0.25, 0.3) is 0 Å². The third-order valence-corrected chi connectivity index (χ3v) is 6.67. The molecule has 1 aromatic rings. The maximum absolute atomic E-state index is 12.9. The lowest BCUT2D eigenvalue weighted by Gasteiger charge is -2.26. The van der Waals surface area contributed by atoms with Crippen LogP contribution in [-0.2, 0) is 14.8 Å². The Morgan fingerprint density at radius 3 is 2.44 bits per heavy atom. The smallest absolute Gasteiger partial charge is 0.254 e. The van der Waals surface area contributed by atoms with E-state index in [1.54, 1.807) is 0 Å². The molecule has 1 fully saturated rings. The minimum Gasteiger partial charge on any atom is -0.352 e. The molecule has 150 valence electrons. The van der Waals surface area contributed by atoms with Crippen molar-refractivity contribution >= 4 is 33.4 Å². The molecular formula is C18H26ClN3O4S. The van der Waals surface area contributed by atoms with E-state index in [-0.39, 0.29) is 34.0 Å². The molecule has 1 saturated heterocycles. The third-order valence-electron chi connectivity index (χ3n) is 4.29. The molecular weight excluding hydrogens is 390 g/mol. The van der Waals surface area contributed by atoms with Gasteiger partial charge < -0.3 is 10.2 Å². The van der Waals surface area contributed by atoms with Crippen LogP contribution in [0.3, 0.4) is 0 Å². The summed E-state index contributed by atoms with van der Waals surface area (Å²) < 4.78 is 27.2. The molecule has 0 spiro atoms. The van der Waals surface area contributed by atoms with Crippen molar-refractivity contribution in [2.45, 2.75) is 44.0 Å². The quantitative estimate of drug-likeness (QED) is 0.770. The Morgan fingerprint density at radius 2 is 1.85 bits per heavy atom. The van der Waals surface area contributed by atoms with E-state index in [0.717, 1.165) is 19.3 Å². The van der Waals surface area contributed by atoms with E-state index in [1.807, 2.05) is 13.8 Å². The van der Waals surface area contributed by atoms with E-state index in [9.17, 15) is 18.0 Å². The van der Waals surface area contributed by atoms with Crippen molar-refractivity contribution in [3.8, 4) is 0 Å². The first-order chi connectivity index (χ1) is 12.6. The first-order valence-corrected chi connectivity index (χ1v) is 10.8. The largest absolute Gasteiger partial charge is 0.352 e. The lowest BCUT2D eigenvalue weighted by Crippen LogP contribution is -2.41. The number of sulfonamides is 1. The summed E-state index contributed by atoms with van der Waals surface area (Å²) in [5.41, 5.74) is 0.176. The molecule has 2 rings (SSSR count). The molecule has 1 aliphatic rings. The summed E-state index contributed by atoms with van der Waals surface area (Å²) >= 11 is 6.13. The Bertz CT molecular complexity index is 805. The van der Waals surface area contributed by atoms with E-state index in [1.165, 1.54) is 34.5 Å². The van der Waals surface area contributed by atoms with E-state index in [2.05, 4.69) is 5.32 Å². The van der Waals surface area contributed by atoms with E-state index < -0.39 is 15.9 Å². The lowest BCUT2D eigenvalue weighted by atomic mass is 10.2. The molecule has 0 aromatic heterocycles. The van der Waals surface area contributed by atoms with Crippen LogP contribution in [0.5, 0.6) is 0 Å². The number of carbonyl (C=O) groups is 2. The zero-order valence-electron chi connectivity index (χ0n) is 15.9. The van der Waals surface area contributed by atoms with Crippen LogP contribution in [0.15, 0.2) is 23.1 Å². The van der Waals surface area contributed by atoms with Gasteiger partial charge >= 0.3 is 0 Å². The third kappa shape index (κ3) is 5.43. The van der Waals surface area contributed by atoms with Crippen LogP contribution < -0.4 is 5.32 Å². The number of likely N-dealkylation sites (N-methyl/N-ethyl adjacent to an activating group) is 1. The zero-order valence-corrected chi connectivity index (χ0v) is 17.4. The topological polar surface area (TPSA) is 86.8 Å². The number of halogens is 1. The Hall–Kier alpha value is -1.64. The van der Waals surface area contributed by atoms with Crippen LogP contribution in [0.4, 0.5) is 0 Å². The second-order valence-corrected chi connectivity index (χ2v) is 9.31. The highest BCUT2D eigenvalue weighted by Gasteiger charge is 2.29. The fourth-order valence-corrected chi connectivity index (χ4v) is 4.97. The van der Waals surface area contributed by atoms with Gasteiger partial charge in [-0.1, -0.05) is 18.0 Å². The number of hydrogen-bond acceptors (Lipinski definition) is 4. The van der Waals surface area contributed by atoms with Crippen molar-refractivity contribution in [2.24, 2.45) is 0 Å². The molecule has 1 aliphatic heterocycles. The highest BCUT2D eigenvalue weighted by atomic mass is 35.5. The molecule has 27 heavy (non-hydrogen) atoms. The van der Waals surface area contributed by atoms with Crippen molar-refractivity contribution in [1.82, 2.24) is 14.5 Å². The number of rotatable bonds is 6. The van der Waals surface area contributed by atoms with E-state index >= 15 is 0 Å². The highest BCUT2D eigenvalue weighted by molar-refractivity contribution is 7.89. The van der Waals surface area contributed by atoms with Gasteiger partial charge in [0.25, 0.3) is 5.91 Å². The number of nitrogens with one attached hydrogen (secondary N) is 1. The number of piperidine rings is 1. The summed E-state index contributed by atoms with van der Waals surface area (Å²) in [6.07, 6.45) is 2.62. The second kappa shape index (κ2) is 9.03. The first-order valence-electron chi connectivity index (χ1n) is 8.97. The zero-order chi connectivity index (χ0) is 20.2. The van der Waals surface area contributed by atoms with Gasteiger partial charge in [-0.3, -0.25) is 9.59 Å². The summed E-state index contributed by atoms with van der Waals surface area (Å²) in [5, 5.41) is 2.79. The molecule has 0 radical (unpaired) electrons. The predicted molar refractivity (Wildman–Crippen MR) is 104 cm³/mol. The van der Waals surface area contributed by atoms with Gasteiger partial charge in [0.1, 0.15) is 4.90 Å². The average Bonchev–Trinajstić information content (AvgIpc) is 2.61. The molecule has 0 unspecified atom stereocenters. The van der Waals surface area contributed by atoms with Gasteiger partial charge in [0, 0.05) is 31.7 Å². The highest BCUT2D eigenvalue weighted by Crippen LogP contribution is 2.28. The van der Waals surface area contributed by atoms with E-state index in [4.69, 9.17) is 11.6 Å². The molecule has 9 heteroatoms. The van der Waals surface area contributed by atoms with Gasteiger partial charge in [0.15, 0.2) is 0 Å². The van der Waals surface area contributed by atoms with Crippen molar-refractivity contribution < 1.29 is 18.0 Å². The standard InChI is InChI=1S/C18H26ClN3O4S/c1-13(2)20-17(23)12-21(3)18(24)14-7-8-15(19)16(11-14)27(25,26)22-9-5-4-6-10-22/h7-8,11,13H,4-6,9-10,12H2,1-3H3,(H,20,23). The molecule has 0 aliphatic carbocycles. The molecule has 1 aromatic carbocycles. The van der Waals surface area contributed by atoms with Gasteiger partial charge in [0.05, 0.1) is 11.6 Å². The van der Waals surface area contributed by atoms with Crippen LogP contribution in [0.1, 0.15) is 43.5 Å². The molecule has 0 atom stereocenters. The maximum atomic E-state index is 12.9. The minimum atomic E-state index is -3.76. The molecule has 7 nitrogen and oxygen atoms in total. The molecule has 0 saturated carbocycles. The molecule has 1 heterocycles. The number of nitrogens with zero attached hydrogens (tertiary/aromatic N) is 2. The second-order valence-electron chi connectivity index (χ2n) is 6.99. The van der Waals surface area contributed by atoms with Gasteiger partial charge in [-0.05, 0) is 44.9 Å². The van der Waals surface area contributed by atoms with Gasteiger partial charge in [-0.2, -0.15) is 4.31 Å². The summed E-state index contributed by atoms with van der Waals surface area (Å²) in [4.78, 5) is 25.7. The summed E-state index contributed by atoms with van der Waals surface area (Å²) in [6.45, 7) is 4.44. The summed E-state index contributed by atoms with van der Waals surface area (Å²) in [7, 11) is -2.27. The summed E-state index contributed by atoms with van der Waals surface area (Å²) in [5.74, 6) is -0.725. The SMILES string of the molecule is CC(C)NC(=O)CN(C)C(=O)c1ccc(Cl)c(S(=O)(=O)N2CCCCC2)c1. The molecule has 1 N–H and O–H groups in total. The number of amides is 2. The number of hydrogen-bond donors (Lipinski definition) is 1.